The number of rotatable bonds is 2. The van der Waals surface area contributed by atoms with E-state index in [4.69, 9.17) is 0 Å². The number of anilines is 1. The lowest BCUT2D eigenvalue weighted by atomic mass is 9.95. The Morgan fingerprint density at radius 1 is 1.03 bits per heavy atom. The number of benzene rings is 1. The Bertz CT molecular complexity index is 1280. The summed E-state index contributed by atoms with van der Waals surface area (Å²) in [5.74, 6) is 0. The van der Waals surface area contributed by atoms with Gasteiger partial charge >= 0.3 is 6.03 Å². The summed E-state index contributed by atoms with van der Waals surface area (Å²) in [5, 5.41) is 6.61. The van der Waals surface area contributed by atoms with Gasteiger partial charge in [-0.15, -0.1) is 22.7 Å². The Hall–Kier alpha value is -2.83. The molecule has 2 aliphatic rings. The van der Waals surface area contributed by atoms with E-state index in [-0.39, 0.29) is 12.1 Å². The molecule has 1 aromatic carbocycles. The van der Waals surface area contributed by atoms with E-state index in [0.717, 1.165) is 29.8 Å². The van der Waals surface area contributed by atoms with Gasteiger partial charge in [0, 0.05) is 27.2 Å². The second-order valence-corrected chi connectivity index (χ2v) is 10.7. The molecule has 0 saturated carbocycles. The highest BCUT2D eigenvalue weighted by molar-refractivity contribution is 7.15. The zero-order valence-electron chi connectivity index (χ0n) is 18.0. The molecular weight excluding hydrogens is 434 g/mol. The molecule has 4 heterocycles. The number of nitrogens with zero attached hydrogens (tertiary/aromatic N) is 2. The number of carbonyl (C=O) groups excluding carboxylic acids is 1. The van der Waals surface area contributed by atoms with E-state index in [0.29, 0.717) is 6.54 Å². The first-order valence-electron chi connectivity index (χ1n) is 11.2. The molecule has 1 unspecified atom stereocenters. The van der Waals surface area contributed by atoms with Crippen LogP contribution >= 0.6 is 22.7 Å². The fraction of sp³-hybridized carbons (Fsp3) is 0.269. The lowest BCUT2D eigenvalue weighted by molar-refractivity contribution is 0.195. The minimum absolute atomic E-state index is 0.0472. The maximum Gasteiger partial charge on any atom is 0.323 e. The summed E-state index contributed by atoms with van der Waals surface area (Å²) in [6.07, 6.45) is 6.94. The number of hydrogen-bond acceptors (Lipinski definition) is 3. The van der Waals surface area contributed by atoms with E-state index in [1.165, 1.54) is 38.7 Å². The van der Waals surface area contributed by atoms with E-state index in [1.807, 2.05) is 47.4 Å². The molecule has 1 aliphatic carbocycles. The fourth-order valence-electron chi connectivity index (χ4n) is 5.03. The van der Waals surface area contributed by atoms with Crippen molar-refractivity contribution in [2.45, 2.75) is 45.2 Å². The van der Waals surface area contributed by atoms with Gasteiger partial charge in [0.15, 0.2) is 0 Å². The molecule has 0 saturated heterocycles. The molecule has 6 heteroatoms. The van der Waals surface area contributed by atoms with Crippen LogP contribution in [0.1, 0.15) is 51.0 Å². The number of para-hydroxylation sites is 1. The predicted octanol–water partition coefficient (Wildman–Crippen LogP) is 6.92. The van der Waals surface area contributed by atoms with E-state index >= 15 is 0 Å². The number of aromatic nitrogens is 1. The molecule has 32 heavy (non-hydrogen) atoms. The van der Waals surface area contributed by atoms with Crippen LogP contribution < -0.4 is 5.32 Å². The molecule has 1 aliphatic heterocycles. The molecule has 1 N–H and O–H groups in total. The molecule has 162 valence electrons. The van der Waals surface area contributed by atoms with Crippen LogP contribution in [0.3, 0.4) is 0 Å². The number of urea groups is 1. The number of carbonyl (C=O) groups is 1. The average molecular weight is 460 g/mol. The van der Waals surface area contributed by atoms with Gasteiger partial charge in [-0.1, -0.05) is 24.3 Å². The minimum atomic E-state index is -0.118. The summed E-state index contributed by atoms with van der Waals surface area (Å²) in [4.78, 5) is 18.6. The third-order valence-electron chi connectivity index (χ3n) is 6.64. The smallest absolute Gasteiger partial charge is 0.310 e. The van der Waals surface area contributed by atoms with Gasteiger partial charge in [-0.2, -0.15) is 0 Å². The Kier molecular flexibility index (Phi) is 4.92. The second kappa shape index (κ2) is 7.94. The predicted molar refractivity (Wildman–Crippen MR) is 132 cm³/mol. The molecule has 0 bridgehead atoms. The fourth-order valence-corrected chi connectivity index (χ4v) is 7.29. The highest BCUT2D eigenvalue weighted by Gasteiger charge is 2.36. The molecule has 4 aromatic rings. The number of hydrogen-bond donors (Lipinski definition) is 1. The number of nitrogens with one attached hydrogen (secondary N) is 1. The van der Waals surface area contributed by atoms with Crippen molar-refractivity contribution in [2.75, 3.05) is 5.32 Å². The quantitative estimate of drug-likeness (QED) is 0.347. The standard InChI is InChI=1S/C26H25N3OS2/c1-17-8-2-4-10-20(17)27-26(30)29-16-19-18-9-3-5-12-22(18)32-25(19)28-14-6-11-21(28)24(29)23-13-7-15-31-23/h2,4,6-8,10-11,13-15,24H,3,5,9,12,16H2,1H3,(H,27,30). The second-order valence-electron chi connectivity index (χ2n) is 8.59. The highest BCUT2D eigenvalue weighted by Crippen LogP contribution is 2.44. The minimum Gasteiger partial charge on any atom is -0.310 e. The molecule has 0 radical (unpaired) electrons. The summed E-state index contributed by atoms with van der Waals surface area (Å²) < 4.78 is 2.34. The van der Waals surface area contributed by atoms with Crippen LogP contribution in [0, 0.1) is 6.92 Å². The van der Waals surface area contributed by atoms with Crippen molar-refractivity contribution >= 4 is 34.4 Å². The SMILES string of the molecule is Cc1ccccc1NC(=O)N1Cc2c(sc3c2CCCC3)-n2cccc2C1c1cccs1. The van der Waals surface area contributed by atoms with Crippen LogP contribution in [0.2, 0.25) is 0 Å². The third-order valence-corrected chi connectivity index (χ3v) is 8.90. The van der Waals surface area contributed by atoms with Crippen molar-refractivity contribution < 1.29 is 4.79 Å². The normalized spacial score (nSPS) is 17.3. The van der Waals surface area contributed by atoms with Crippen molar-refractivity contribution in [2.24, 2.45) is 0 Å². The van der Waals surface area contributed by atoms with Gasteiger partial charge < -0.3 is 14.8 Å². The first kappa shape index (κ1) is 19.8. The van der Waals surface area contributed by atoms with Crippen molar-refractivity contribution in [3.05, 3.63) is 92.2 Å². The first-order valence-corrected chi connectivity index (χ1v) is 12.9. The summed E-state index contributed by atoms with van der Waals surface area (Å²) >= 11 is 3.64. The molecule has 3 aromatic heterocycles. The van der Waals surface area contributed by atoms with E-state index in [1.54, 1.807) is 11.3 Å². The molecule has 1 atom stereocenters. The van der Waals surface area contributed by atoms with Crippen LogP contribution in [0.4, 0.5) is 10.5 Å². The highest BCUT2D eigenvalue weighted by atomic mass is 32.1. The molecule has 4 nitrogen and oxygen atoms in total. The number of thiophene rings is 2. The summed E-state index contributed by atoms with van der Waals surface area (Å²) in [7, 11) is 0. The summed E-state index contributed by atoms with van der Waals surface area (Å²) in [6, 6.07) is 16.3. The zero-order valence-corrected chi connectivity index (χ0v) is 19.6. The van der Waals surface area contributed by atoms with E-state index in [9.17, 15) is 4.79 Å². The van der Waals surface area contributed by atoms with Crippen LogP contribution in [0.5, 0.6) is 0 Å². The number of fused-ring (bicyclic) bond motifs is 5. The van der Waals surface area contributed by atoms with E-state index in [2.05, 4.69) is 45.7 Å². The number of amides is 2. The van der Waals surface area contributed by atoms with Gasteiger partial charge in [-0.25, -0.2) is 4.79 Å². The first-order chi connectivity index (χ1) is 15.7. The topological polar surface area (TPSA) is 37.3 Å². The average Bonchev–Trinajstić information content (AvgIpc) is 3.55. The van der Waals surface area contributed by atoms with Crippen LogP contribution in [0.15, 0.2) is 60.1 Å². The monoisotopic (exact) mass is 459 g/mol. The van der Waals surface area contributed by atoms with Crippen LogP contribution in [-0.2, 0) is 19.4 Å². The van der Waals surface area contributed by atoms with Gasteiger partial charge in [0.05, 0.1) is 12.2 Å². The third kappa shape index (κ3) is 3.21. The molecule has 6 rings (SSSR count). The Morgan fingerprint density at radius 3 is 2.75 bits per heavy atom. The van der Waals surface area contributed by atoms with Crippen LogP contribution in [-0.4, -0.2) is 15.5 Å². The Morgan fingerprint density at radius 2 is 1.91 bits per heavy atom. The lowest BCUT2D eigenvalue weighted by Crippen LogP contribution is -2.38. The maximum atomic E-state index is 13.8. The molecule has 2 amide bonds. The van der Waals surface area contributed by atoms with Gasteiger partial charge in [0.25, 0.3) is 0 Å². The lowest BCUT2D eigenvalue weighted by Gasteiger charge is -2.30. The molecular formula is C26H25N3OS2. The van der Waals surface area contributed by atoms with Crippen molar-refractivity contribution in [3.63, 3.8) is 0 Å². The van der Waals surface area contributed by atoms with Crippen LogP contribution in [0.25, 0.3) is 5.00 Å². The summed E-state index contributed by atoms with van der Waals surface area (Å²) in [6.45, 7) is 2.66. The largest absolute Gasteiger partial charge is 0.323 e. The van der Waals surface area contributed by atoms with Gasteiger partial charge in [0.1, 0.15) is 11.0 Å². The number of aryl methyl sites for hydroxylation is 2. The maximum absolute atomic E-state index is 13.8. The Labute approximate surface area is 196 Å². The van der Waals surface area contributed by atoms with Gasteiger partial charge in [-0.05, 0) is 73.4 Å². The Balaban J connectivity index is 1.50. The van der Waals surface area contributed by atoms with E-state index < -0.39 is 0 Å². The summed E-state index contributed by atoms with van der Waals surface area (Å²) in [5.41, 5.74) is 5.91. The zero-order chi connectivity index (χ0) is 21.7. The van der Waals surface area contributed by atoms with Crippen molar-refractivity contribution in [3.8, 4) is 5.00 Å². The van der Waals surface area contributed by atoms with Crippen molar-refractivity contribution in [1.82, 2.24) is 9.47 Å². The van der Waals surface area contributed by atoms with Gasteiger partial charge in [-0.3, -0.25) is 0 Å². The van der Waals surface area contributed by atoms with Crippen molar-refractivity contribution in [1.29, 1.82) is 0 Å². The molecule has 0 spiro atoms. The molecule has 0 fully saturated rings. The van der Waals surface area contributed by atoms with Gasteiger partial charge in [0.2, 0.25) is 0 Å².